The molecule has 0 saturated heterocycles. The summed E-state index contributed by atoms with van der Waals surface area (Å²) in [5.41, 5.74) is 1.09. The lowest BCUT2D eigenvalue weighted by Crippen LogP contribution is -2.22. The molecule has 0 unspecified atom stereocenters. The van der Waals surface area contributed by atoms with Gasteiger partial charge in [0.15, 0.2) is 12.4 Å². The minimum atomic E-state index is -0.691. The number of anilines is 1. The van der Waals surface area contributed by atoms with Crippen molar-refractivity contribution in [2.75, 3.05) is 19.0 Å². The van der Waals surface area contributed by atoms with Crippen molar-refractivity contribution in [2.24, 2.45) is 0 Å². The molecule has 0 aliphatic carbocycles. The molecule has 8 heteroatoms. The average molecular weight is 360 g/mol. The van der Waals surface area contributed by atoms with Gasteiger partial charge in [0.1, 0.15) is 5.56 Å². The smallest absolute Gasteiger partial charge is 0.344 e. The molecule has 0 bridgehead atoms. The number of benzene rings is 1. The van der Waals surface area contributed by atoms with Gasteiger partial charge in [-0.05, 0) is 19.1 Å². The SMILES string of the molecule is COC(=O)c1ccccc1NC(=O)COC(=O)c1c(C)noc1C(C)C. The first-order chi connectivity index (χ1) is 12.3. The summed E-state index contributed by atoms with van der Waals surface area (Å²) in [6, 6.07) is 6.36. The molecule has 0 fully saturated rings. The highest BCUT2D eigenvalue weighted by molar-refractivity contribution is 6.02. The zero-order chi connectivity index (χ0) is 19.3. The molecule has 2 rings (SSSR count). The number of esters is 2. The van der Waals surface area contributed by atoms with Crippen molar-refractivity contribution in [1.82, 2.24) is 5.16 Å². The van der Waals surface area contributed by atoms with Crippen LogP contribution in [-0.4, -0.2) is 36.7 Å². The molecular formula is C18H20N2O6. The lowest BCUT2D eigenvalue weighted by atomic mass is 10.1. The van der Waals surface area contributed by atoms with Crippen molar-refractivity contribution in [2.45, 2.75) is 26.7 Å². The van der Waals surface area contributed by atoms with E-state index in [4.69, 9.17) is 9.26 Å². The van der Waals surface area contributed by atoms with Gasteiger partial charge in [-0.15, -0.1) is 0 Å². The molecular weight excluding hydrogens is 340 g/mol. The second kappa shape index (κ2) is 8.28. The van der Waals surface area contributed by atoms with Crippen molar-refractivity contribution in [3.63, 3.8) is 0 Å². The van der Waals surface area contributed by atoms with E-state index >= 15 is 0 Å². The normalized spacial score (nSPS) is 10.5. The number of para-hydroxylation sites is 1. The van der Waals surface area contributed by atoms with Crippen molar-refractivity contribution in [3.8, 4) is 0 Å². The minimum absolute atomic E-state index is 0.0560. The fourth-order valence-electron chi connectivity index (χ4n) is 2.30. The highest BCUT2D eigenvalue weighted by atomic mass is 16.5. The molecule has 8 nitrogen and oxygen atoms in total. The van der Waals surface area contributed by atoms with Crippen molar-refractivity contribution in [1.29, 1.82) is 0 Å². The summed E-state index contributed by atoms with van der Waals surface area (Å²) >= 11 is 0. The van der Waals surface area contributed by atoms with Crippen LogP contribution in [0.25, 0.3) is 0 Å². The fourth-order valence-corrected chi connectivity index (χ4v) is 2.30. The van der Waals surface area contributed by atoms with E-state index in [-0.39, 0.29) is 22.7 Å². The Balaban J connectivity index is 2.03. The van der Waals surface area contributed by atoms with Crippen molar-refractivity contribution < 1.29 is 28.4 Å². The van der Waals surface area contributed by atoms with Gasteiger partial charge in [-0.25, -0.2) is 9.59 Å². The number of carbonyl (C=O) groups excluding carboxylic acids is 3. The number of aryl methyl sites for hydroxylation is 1. The van der Waals surface area contributed by atoms with E-state index in [9.17, 15) is 14.4 Å². The quantitative estimate of drug-likeness (QED) is 0.789. The molecule has 26 heavy (non-hydrogen) atoms. The number of nitrogens with zero attached hydrogens (tertiary/aromatic N) is 1. The third-order valence-corrected chi connectivity index (χ3v) is 3.56. The topological polar surface area (TPSA) is 108 Å². The molecule has 0 atom stereocenters. The maximum Gasteiger partial charge on any atom is 0.344 e. The van der Waals surface area contributed by atoms with Gasteiger partial charge in [0, 0.05) is 5.92 Å². The summed E-state index contributed by atoms with van der Waals surface area (Å²) in [6.07, 6.45) is 0. The Morgan fingerprint density at radius 2 is 1.88 bits per heavy atom. The number of nitrogens with one attached hydrogen (secondary N) is 1. The van der Waals surface area contributed by atoms with Crippen LogP contribution in [0.3, 0.4) is 0 Å². The van der Waals surface area contributed by atoms with Crippen LogP contribution in [0.4, 0.5) is 5.69 Å². The molecule has 1 heterocycles. The summed E-state index contributed by atoms with van der Waals surface area (Å²) in [5, 5.41) is 6.29. The molecule has 1 N–H and O–H groups in total. The lowest BCUT2D eigenvalue weighted by molar-refractivity contribution is -0.119. The molecule has 138 valence electrons. The lowest BCUT2D eigenvalue weighted by Gasteiger charge is -2.10. The number of ether oxygens (including phenoxy) is 2. The van der Waals surface area contributed by atoms with Gasteiger partial charge >= 0.3 is 11.9 Å². The summed E-state index contributed by atoms with van der Waals surface area (Å²) < 4.78 is 14.8. The second-order valence-corrected chi connectivity index (χ2v) is 5.82. The molecule has 1 aromatic carbocycles. The number of rotatable bonds is 6. The van der Waals surface area contributed by atoms with E-state index in [1.54, 1.807) is 25.1 Å². The Labute approximate surface area is 150 Å². The van der Waals surface area contributed by atoms with E-state index in [0.717, 1.165) is 0 Å². The number of aromatic nitrogens is 1. The van der Waals surface area contributed by atoms with Gasteiger partial charge in [0.25, 0.3) is 5.91 Å². The van der Waals surface area contributed by atoms with Gasteiger partial charge in [0.2, 0.25) is 0 Å². The number of methoxy groups -OCH3 is 1. The van der Waals surface area contributed by atoms with Gasteiger partial charge < -0.3 is 19.3 Å². The van der Waals surface area contributed by atoms with Crippen LogP contribution in [0.15, 0.2) is 28.8 Å². The number of amides is 1. The zero-order valence-electron chi connectivity index (χ0n) is 15.0. The first-order valence-electron chi connectivity index (χ1n) is 7.95. The highest BCUT2D eigenvalue weighted by Gasteiger charge is 2.24. The third-order valence-electron chi connectivity index (χ3n) is 3.56. The molecule has 0 aliphatic heterocycles. The van der Waals surface area contributed by atoms with Crippen LogP contribution in [0.1, 0.15) is 51.9 Å². The van der Waals surface area contributed by atoms with Crippen LogP contribution in [-0.2, 0) is 14.3 Å². The fraction of sp³-hybridized carbons (Fsp3) is 0.333. The Morgan fingerprint density at radius 3 is 2.54 bits per heavy atom. The van der Waals surface area contributed by atoms with Crippen molar-refractivity contribution >= 4 is 23.5 Å². The predicted molar refractivity (Wildman–Crippen MR) is 92.0 cm³/mol. The monoisotopic (exact) mass is 360 g/mol. The Morgan fingerprint density at radius 1 is 1.19 bits per heavy atom. The standard InChI is InChI=1S/C18H20N2O6/c1-10(2)16-15(11(3)20-26-16)18(23)25-9-14(21)19-13-8-6-5-7-12(13)17(22)24-4/h5-8,10H,9H2,1-4H3,(H,19,21). The summed E-state index contributed by atoms with van der Waals surface area (Å²) in [6.45, 7) is 4.81. The van der Waals surface area contributed by atoms with Gasteiger partial charge in [0.05, 0.1) is 24.1 Å². The zero-order valence-corrected chi connectivity index (χ0v) is 15.0. The summed E-state index contributed by atoms with van der Waals surface area (Å²) in [7, 11) is 1.25. The maximum atomic E-state index is 12.3. The third kappa shape index (κ3) is 4.27. The van der Waals surface area contributed by atoms with E-state index in [2.05, 4.69) is 15.2 Å². The van der Waals surface area contributed by atoms with E-state index in [0.29, 0.717) is 11.5 Å². The van der Waals surface area contributed by atoms with E-state index < -0.39 is 24.5 Å². The molecule has 2 aromatic rings. The highest BCUT2D eigenvalue weighted by Crippen LogP contribution is 2.23. The predicted octanol–water partition coefficient (Wildman–Crippen LogP) is 2.69. The molecule has 1 aromatic heterocycles. The molecule has 0 radical (unpaired) electrons. The van der Waals surface area contributed by atoms with Crippen molar-refractivity contribution in [3.05, 3.63) is 46.8 Å². The first-order valence-corrected chi connectivity index (χ1v) is 7.95. The average Bonchev–Trinajstić information content (AvgIpc) is 3.01. The summed E-state index contributed by atoms with van der Waals surface area (Å²) in [5.74, 6) is -1.51. The summed E-state index contributed by atoms with van der Waals surface area (Å²) in [4.78, 5) is 36.0. The minimum Gasteiger partial charge on any atom is -0.465 e. The number of hydrogen-bond donors (Lipinski definition) is 1. The first kappa shape index (κ1) is 19.2. The van der Waals surface area contributed by atoms with Crippen LogP contribution < -0.4 is 5.32 Å². The Kier molecular flexibility index (Phi) is 6.11. The Hall–Kier alpha value is -3.16. The number of carbonyl (C=O) groups is 3. The molecule has 0 saturated carbocycles. The van der Waals surface area contributed by atoms with Crippen LogP contribution in [0.5, 0.6) is 0 Å². The van der Waals surface area contributed by atoms with Gasteiger partial charge in [-0.3, -0.25) is 4.79 Å². The second-order valence-electron chi connectivity index (χ2n) is 5.82. The maximum absolute atomic E-state index is 12.3. The molecule has 0 aliphatic rings. The van der Waals surface area contributed by atoms with Crippen LogP contribution in [0.2, 0.25) is 0 Å². The van der Waals surface area contributed by atoms with Gasteiger partial charge in [-0.2, -0.15) is 0 Å². The largest absolute Gasteiger partial charge is 0.465 e. The van der Waals surface area contributed by atoms with Crippen LogP contribution in [0, 0.1) is 6.92 Å². The Bertz CT molecular complexity index is 825. The van der Waals surface area contributed by atoms with E-state index in [1.807, 2.05) is 13.8 Å². The number of hydrogen-bond acceptors (Lipinski definition) is 7. The molecule has 0 spiro atoms. The van der Waals surface area contributed by atoms with E-state index in [1.165, 1.54) is 13.2 Å². The van der Waals surface area contributed by atoms with Crippen LogP contribution >= 0.6 is 0 Å². The molecule has 1 amide bonds. The van der Waals surface area contributed by atoms with Gasteiger partial charge in [-0.1, -0.05) is 31.1 Å².